The highest BCUT2D eigenvalue weighted by atomic mass is 16.6. The summed E-state index contributed by atoms with van der Waals surface area (Å²) in [4.78, 5) is 11.1. The SMILES string of the molecule is O=C1CCC(Oc2cc3ccccc3o2)CC1. The van der Waals surface area contributed by atoms with Crippen LogP contribution in [0.25, 0.3) is 11.0 Å². The fraction of sp³-hybridized carbons (Fsp3) is 0.357. The molecule has 0 amide bonds. The van der Waals surface area contributed by atoms with Crippen molar-refractivity contribution in [3.05, 3.63) is 30.3 Å². The van der Waals surface area contributed by atoms with Gasteiger partial charge in [0.05, 0.1) is 0 Å². The van der Waals surface area contributed by atoms with Crippen LogP contribution in [0.15, 0.2) is 34.7 Å². The molecule has 0 N–H and O–H groups in total. The molecule has 3 heteroatoms. The van der Waals surface area contributed by atoms with Crippen LogP contribution in [0.2, 0.25) is 0 Å². The van der Waals surface area contributed by atoms with E-state index in [4.69, 9.17) is 9.15 Å². The zero-order valence-corrected chi connectivity index (χ0v) is 9.52. The number of rotatable bonds is 2. The monoisotopic (exact) mass is 230 g/mol. The van der Waals surface area contributed by atoms with E-state index in [9.17, 15) is 4.79 Å². The molecule has 1 heterocycles. The van der Waals surface area contributed by atoms with Gasteiger partial charge < -0.3 is 9.15 Å². The van der Waals surface area contributed by atoms with Crippen molar-refractivity contribution in [2.45, 2.75) is 31.8 Å². The number of fused-ring (bicyclic) bond motifs is 1. The number of Topliss-reactive ketones (excluding diaryl/α,β-unsaturated/α-hetero) is 1. The molecular formula is C14H14O3. The number of hydrogen-bond acceptors (Lipinski definition) is 3. The van der Waals surface area contributed by atoms with Gasteiger partial charge in [0, 0.05) is 24.3 Å². The summed E-state index contributed by atoms with van der Waals surface area (Å²) in [5, 5.41) is 1.05. The molecule has 1 aliphatic carbocycles. The first-order valence-electron chi connectivity index (χ1n) is 5.98. The number of carbonyl (C=O) groups excluding carboxylic acids is 1. The smallest absolute Gasteiger partial charge is 0.285 e. The van der Waals surface area contributed by atoms with Crippen molar-refractivity contribution in [1.29, 1.82) is 0 Å². The molecule has 1 aliphatic rings. The predicted molar refractivity (Wildman–Crippen MR) is 64.1 cm³/mol. The highest BCUT2D eigenvalue weighted by molar-refractivity contribution is 5.79. The molecule has 0 spiro atoms. The number of hydrogen-bond donors (Lipinski definition) is 0. The lowest BCUT2D eigenvalue weighted by molar-refractivity contribution is -0.121. The van der Waals surface area contributed by atoms with E-state index < -0.39 is 0 Å². The Morgan fingerprint density at radius 3 is 2.71 bits per heavy atom. The fourth-order valence-corrected chi connectivity index (χ4v) is 2.21. The summed E-state index contributed by atoms with van der Waals surface area (Å²) in [6.45, 7) is 0. The quantitative estimate of drug-likeness (QED) is 0.794. The Labute approximate surface area is 99.4 Å². The average molecular weight is 230 g/mol. The summed E-state index contributed by atoms with van der Waals surface area (Å²) in [6.07, 6.45) is 2.98. The van der Waals surface area contributed by atoms with Crippen LogP contribution in [-0.4, -0.2) is 11.9 Å². The third-order valence-corrected chi connectivity index (χ3v) is 3.18. The van der Waals surface area contributed by atoms with Crippen LogP contribution in [0.5, 0.6) is 5.95 Å². The van der Waals surface area contributed by atoms with E-state index in [0.717, 1.165) is 23.8 Å². The first kappa shape index (κ1) is 10.4. The first-order valence-corrected chi connectivity index (χ1v) is 5.98. The molecule has 0 bridgehead atoms. The van der Waals surface area contributed by atoms with Gasteiger partial charge in [0.25, 0.3) is 5.95 Å². The molecule has 3 rings (SSSR count). The minimum absolute atomic E-state index is 0.119. The van der Waals surface area contributed by atoms with Gasteiger partial charge in [0.1, 0.15) is 17.5 Å². The van der Waals surface area contributed by atoms with E-state index >= 15 is 0 Å². The van der Waals surface area contributed by atoms with Crippen LogP contribution in [0, 0.1) is 0 Å². The zero-order chi connectivity index (χ0) is 11.7. The third kappa shape index (κ3) is 2.18. The second-order valence-corrected chi connectivity index (χ2v) is 4.46. The molecule has 0 aliphatic heterocycles. The van der Waals surface area contributed by atoms with Crippen molar-refractivity contribution in [2.24, 2.45) is 0 Å². The largest absolute Gasteiger partial charge is 0.462 e. The predicted octanol–water partition coefficient (Wildman–Crippen LogP) is 3.32. The van der Waals surface area contributed by atoms with Gasteiger partial charge in [0.15, 0.2) is 0 Å². The van der Waals surface area contributed by atoms with Crippen molar-refractivity contribution in [3.63, 3.8) is 0 Å². The van der Waals surface area contributed by atoms with E-state index in [1.807, 2.05) is 30.3 Å². The molecule has 88 valence electrons. The molecule has 1 saturated carbocycles. The topological polar surface area (TPSA) is 39.4 Å². The van der Waals surface area contributed by atoms with Gasteiger partial charge in [-0.3, -0.25) is 4.79 Å². The van der Waals surface area contributed by atoms with Crippen LogP contribution >= 0.6 is 0 Å². The Bertz CT molecular complexity index is 498. The Hall–Kier alpha value is -1.77. The number of ether oxygens (including phenoxy) is 1. The molecular weight excluding hydrogens is 216 g/mol. The summed E-state index contributed by atoms with van der Waals surface area (Å²) in [5.41, 5.74) is 0.842. The molecule has 0 saturated heterocycles. The Kier molecular flexibility index (Phi) is 2.59. The zero-order valence-electron chi connectivity index (χ0n) is 9.52. The summed E-state index contributed by atoms with van der Waals surface area (Å²) in [7, 11) is 0. The summed E-state index contributed by atoms with van der Waals surface area (Å²) < 4.78 is 11.4. The Morgan fingerprint density at radius 1 is 1.18 bits per heavy atom. The van der Waals surface area contributed by atoms with Crippen LogP contribution in [0.4, 0.5) is 0 Å². The second kappa shape index (κ2) is 4.24. The van der Waals surface area contributed by atoms with E-state index in [1.165, 1.54) is 0 Å². The highest BCUT2D eigenvalue weighted by Crippen LogP contribution is 2.28. The Morgan fingerprint density at radius 2 is 1.94 bits per heavy atom. The van der Waals surface area contributed by atoms with Crippen LogP contribution in [0.1, 0.15) is 25.7 Å². The van der Waals surface area contributed by atoms with Crippen molar-refractivity contribution >= 4 is 16.8 Å². The maximum atomic E-state index is 11.1. The summed E-state index contributed by atoms with van der Waals surface area (Å²) in [5.74, 6) is 0.903. The van der Waals surface area contributed by atoms with Gasteiger partial charge in [-0.05, 0) is 18.9 Å². The standard InChI is InChI=1S/C14H14O3/c15-11-5-7-12(8-6-11)16-14-9-10-3-1-2-4-13(10)17-14/h1-4,9,12H,5-8H2. The number of carbonyl (C=O) groups is 1. The van der Waals surface area contributed by atoms with Crippen LogP contribution in [-0.2, 0) is 4.79 Å². The lowest BCUT2D eigenvalue weighted by Gasteiger charge is -2.20. The van der Waals surface area contributed by atoms with E-state index in [0.29, 0.717) is 24.6 Å². The number of furan rings is 1. The molecule has 1 aromatic carbocycles. The van der Waals surface area contributed by atoms with E-state index in [1.54, 1.807) is 0 Å². The van der Waals surface area contributed by atoms with E-state index in [2.05, 4.69) is 0 Å². The van der Waals surface area contributed by atoms with Crippen LogP contribution in [0.3, 0.4) is 0 Å². The van der Waals surface area contributed by atoms with Crippen molar-refractivity contribution in [2.75, 3.05) is 0 Å². The maximum absolute atomic E-state index is 11.1. The minimum Gasteiger partial charge on any atom is -0.462 e. The molecule has 3 nitrogen and oxygen atoms in total. The summed E-state index contributed by atoms with van der Waals surface area (Å²) >= 11 is 0. The van der Waals surface area contributed by atoms with Gasteiger partial charge >= 0.3 is 0 Å². The van der Waals surface area contributed by atoms with Gasteiger partial charge in [-0.25, -0.2) is 0 Å². The van der Waals surface area contributed by atoms with Gasteiger partial charge in [-0.2, -0.15) is 0 Å². The number of ketones is 1. The molecule has 0 unspecified atom stereocenters. The lowest BCUT2D eigenvalue weighted by Crippen LogP contribution is -2.23. The fourth-order valence-electron chi connectivity index (χ4n) is 2.21. The molecule has 1 aromatic heterocycles. The third-order valence-electron chi connectivity index (χ3n) is 3.18. The van der Waals surface area contributed by atoms with Crippen LogP contribution < -0.4 is 4.74 Å². The number of para-hydroxylation sites is 1. The van der Waals surface area contributed by atoms with Gasteiger partial charge in [-0.15, -0.1) is 0 Å². The average Bonchev–Trinajstić information content (AvgIpc) is 2.74. The van der Waals surface area contributed by atoms with E-state index in [-0.39, 0.29) is 6.10 Å². The number of benzene rings is 1. The van der Waals surface area contributed by atoms with Crippen molar-refractivity contribution in [3.8, 4) is 5.95 Å². The molecule has 0 atom stereocenters. The molecule has 2 aromatic rings. The normalized spacial score (nSPS) is 17.5. The molecule has 0 radical (unpaired) electrons. The van der Waals surface area contributed by atoms with Crippen molar-refractivity contribution < 1.29 is 13.9 Å². The van der Waals surface area contributed by atoms with Crippen molar-refractivity contribution in [1.82, 2.24) is 0 Å². The maximum Gasteiger partial charge on any atom is 0.285 e. The summed E-state index contributed by atoms with van der Waals surface area (Å²) in [6, 6.07) is 9.74. The van der Waals surface area contributed by atoms with Gasteiger partial charge in [-0.1, -0.05) is 18.2 Å². The first-order chi connectivity index (χ1) is 8.31. The molecule has 1 fully saturated rings. The highest BCUT2D eigenvalue weighted by Gasteiger charge is 2.21. The molecule has 17 heavy (non-hydrogen) atoms. The lowest BCUT2D eigenvalue weighted by atomic mass is 9.97. The minimum atomic E-state index is 0.119. The second-order valence-electron chi connectivity index (χ2n) is 4.46. The van der Waals surface area contributed by atoms with Gasteiger partial charge in [0.2, 0.25) is 0 Å². The Balaban J connectivity index is 1.74.